The van der Waals surface area contributed by atoms with E-state index in [4.69, 9.17) is 4.18 Å². The van der Waals surface area contributed by atoms with Gasteiger partial charge in [0.25, 0.3) is 10.1 Å². The van der Waals surface area contributed by atoms with Crippen LogP contribution in [0.1, 0.15) is 37.5 Å². The maximum Gasteiger partial charge on any atom is 0.274 e. The summed E-state index contributed by atoms with van der Waals surface area (Å²) < 4.78 is 28.5. The van der Waals surface area contributed by atoms with Gasteiger partial charge in [-0.3, -0.25) is 4.18 Å². The van der Waals surface area contributed by atoms with Crippen molar-refractivity contribution >= 4 is 10.1 Å². The van der Waals surface area contributed by atoms with Crippen LogP contribution in [-0.4, -0.2) is 15.0 Å². The lowest BCUT2D eigenvalue weighted by atomic mass is 10.2. The van der Waals surface area contributed by atoms with E-state index in [0.29, 0.717) is 0 Å². The topological polar surface area (TPSA) is 43.4 Å². The third-order valence-corrected chi connectivity index (χ3v) is 4.08. The average molecular weight is 242 g/mol. The predicted octanol–water partition coefficient (Wildman–Crippen LogP) is 2.89. The zero-order chi connectivity index (χ0) is 12.0. The minimum atomic E-state index is -3.49. The van der Waals surface area contributed by atoms with Crippen molar-refractivity contribution < 1.29 is 12.6 Å². The van der Waals surface area contributed by atoms with Gasteiger partial charge in [0.05, 0.1) is 6.61 Å². The van der Waals surface area contributed by atoms with Gasteiger partial charge in [0.2, 0.25) is 0 Å². The van der Waals surface area contributed by atoms with E-state index in [0.717, 1.165) is 18.4 Å². The molecule has 4 heteroatoms. The summed E-state index contributed by atoms with van der Waals surface area (Å²) in [6, 6.07) is 9.11. The van der Waals surface area contributed by atoms with E-state index < -0.39 is 15.4 Å². The molecule has 0 fully saturated rings. The predicted molar refractivity (Wildman–Crippen MR) is 64.6 cm³/mol. The number of hydrogen-bond acceptors (Lipinski definition) is 3. The van der Waals surface area contributed by atoms with Gasteiger partial charge >= 0.3 is 0 Å². The smallest absolute Gasteiger partial charge is 0.270 e. The Bertz CT molecular complexity index is 398. The van der Waals surface area contributed by atoms with Crippen LogP contribution in [0.4, 0.5) is 0 Å². The maximum atomic E-state index is 11.8. The van der Waals surface area contributed by atoms with Crippen molar-refractivity contribution in [1.82, 2.24) is 0 Å². The van der Waals surface area contributed by atoms with Crippen LogP contribution < -0.4 is 0 Å². The molecule has 0 heterocycles. The highest BCUT2D eigenvalue weighted by Crippen LogP contribution is 2.22. The van der Waals surface area contributed by atoms with E-state index in [1.54, 1.807) is 19.1 Å². The second-order valence-corrected chi connectivity index (χ2v) is 5.65. The molecule has 0 N–H and O–H groups in total. The van der Waals surface area contributed by atoms with Gasteiger partial charge in [-0.2, -0.15) is 8.42 Å². The van der Waals surface area contributed by atoms with Gasteiger partial charge in [-0.25, -0.2) is 0 Å². The molecule has 16 heavy (non-hydrogen) atoms. The number of unbranched alkanes of at least 4 members (excludes halogenated alkanes) is 1. The van der Waals surface area contributed by atoms with Gasteiger partial charge < -0.3 is 0 Å². The summed E-state index contributed by atoms with van der Waals surface area (Å²) >= 11 is 0. The van der Waals surface area contributed by atoms with Gasteiger partial charge in [0.15, 0.2) is 0 Å². The molecule has 90 valence electrons. The Morgan fingerprint density at radius 2 is 1.88 bits per heavy atom. The first kappa shape index (κ1) is 13.2. The second-order valence-electron chi connectivity index (χ2n) is 3.72. The lowest BCUT2D eigenvalue weighted by Crippen LogP contribution is -2.14. The first-order valence-electron chi connectivity index (χ1n) is 5.51. The first-order chi connectivity index (χ1) is 7.58. The molecule has 1 aromatic rings. The second kappa shape index (κ2) is 6.01. The number of hydrogen-bond donors (Lipinski definition) is 0. The Hall–Kier alpha value is -0.870. The van der Waals surface area contributed by atoms with Crippen molar-refractivity contribution in [2.75, 3.05) is 6.61 Å². The van der Waals surface area contributed by atoms with Crippen LogP contribution in [0.3, 0.4) is 0 Å². The van der Waals surface area contributed by atoms with E-state index in [1.165, 1.54) is 0 Å². The summed E-state index contributed by atoms with van der Waals surface area (Å²) in [5.41, 5.74) is 0.763. The first-order valence-corrected chi connectivity index (χ1v) is 6.98. The van der Waals surface area contributed by atoms with Crippen LogP contribution in [0.2, 0.25) is 0 Å². The SMILES string of the molecule is CCCCOS(=O)(=O)C(C)c1ccccc1. The van der Waals surface area contributed by atoms with E-state index in [-0.39, 0.29) is 6.61 Å². The molecule has 0 radical (unpaired) electrons. The monoisotopic (exact) mass is 242 g/mol. The highest BCUT2D eigenvalue weighted by molar-refractivity contribution is 7.87. The fourth-order valence-corrected chi connectivity index (χ4v) is 2.36. The molecule has 0 saturated heterocycles. The molecular weight excluding hydrogens is 224 g/mol. The molecule has 0 aliphatic carbocycles. The third-order valence-electron chi connectivity index (χ3n) is 2.45. The van der Waals surface area contributed by atoms with Crippen molar-refractivity contribution in [1.29, 1.82) is 0 Å². The molecule has 0 bridgehead atoms. The lowest BCUT2D eigenvalue weighted by Gasteiger charge is -2.12. The van der Waals surface area contributed by atoms with Crippen LogP contribution in [-0.2, 0) is 14.3 Å². The molecule has 0 spiro atoms. The van der Waals surface area contributed by atoms with Crippen molar-refractivity contribution in [2.24, 2.45) is 0 Å². The Morgan fingerprint density at radius 1 is 1.25 bits per heavy atom. The van der Waals surface area contributed by atoms with E-state index >= 15 is 0 Å². The highest BCUT2D eigenvalue weighted by Gasteiger charge is 2.22. The molecule has 3 nitrogen and oxygen atoms in total. The fourth-order valence-electron chi connectivity index (χ4n) is 1.31. The van der Waals surface area contributed by atoms with Crippen LogP contribution in [0.15, 0.2) is 30.3 Å². The Kier molecular flexibility index (Phi) is 4.96. The zero-order valence-corrected chi connectivity index (χ0v) is 10.5. The average Bonchev–Trinajstić information content (AvgIpc) is 2.29. The lowest BCUT2D eigenvalue weighted by molar-refractivity contribution is 0.306. The molecule has 0 saturated carbocycles. The summed E-state index contributed by atoms with van der Waals surface area (Å²) in [5.74, 6) is 0. The molecule has 0 aliphatic rings. The molecule has 1 rings (SSSR count). The molecule has 1 atom stereocenters. The highest BCUT2D eigenvalue weighted by atomic mass is 32.2. The molecule has 0 amide bonds. The van der Waals surface area contributed by atoms with Crippen LogP contribution in [0.5, 0.6) is 0 Å². The Balaban J connectivity index is 2.69. The van der Waals surface area contributed by atoms with Gasteiger partial charge in [0.1, 0.15) is 5.25 Å². The summed E-state index contributed by atoms with van der Waals surface area (Å²) in [7, 11) is -3.49. The Morgan fingerprint density at radius 3 is 2.44 bits per heavy atom. The maximum absolute atomic E-state index is 11.8. The number of rotatable bonds is 6. The molecule has 1 unspecified atom stereocenters. The van der Waals surface area contributed by atoms with Crippen molar-refractivity contribution in [3.8, 4) is 0 Å². The molecule has 0 aromatic heterocycles. The van der Waals surface area contributed by atoms with Crippen molar-refractivity contribution in [3.63, 3.8) is 0 Å². The summed E-state index contributed by atoms with van der Waals surface area (Å²) in [4.78, 5) is 0. The van der Waals surface area contributed by atoms with E-state index in [1.807, 2.05) is 25.1 Å². The van der Waals surface area contributed by atoms with Crippen LogP contribution in [0.25, 0.3) is 0 Å². The normalized spacial score (nSPS) is 13.6. The quantitative estimate of drug-likeness (QED) is 0.569. The van der Waals surface area contributed by atoms with Crippen molar-refractivity contribution in [2.45, 2.75) is 31.9 Å². The largest absolute Gasteiger partial charge is 0.274 e. The van der Waals surface area contributed by atoms with Crippen LogP contribution in [0, 0.1) is 0 Å². The van der Waals surface area contributed by atoms with Crippen LogP contribution >= 0.6 is 0 Å². The third kappa shape index (κ3) is 3.61. The number of benzene rings is 1. The Labute approximate surface area is 97.6 Å². The van der Waals surface area contributed by atoms with Crippen molar-refractivity contribution in [3.05, 3.63) is 35.9 Å². The van der Waals surface area contributed by atoms with Gasteiger partial charge in [0, 0.05) is 0 Å². The van der Waals surface area contributed by atoms with E-state index in [9.17, 15) is 8.42 Å². The fraction of sp³-hybridized carbons (Fsp3) is 0.500. The van der Waals surface area contributed by atoms with E-state index in [2.05, 4.69) is 0 Å². The molecule has 1 aromatic carbocycles. The minimum absolute atomic E-state index is 0.274. The zero-order valence-electron chi connectivity index (χ0n) is 9.72. The summed E-state index contributed by atoms with van der Waals surface area (Å²) in [6.07, 6.45) is 1.69. The molecule has 0 aliphatic heterocycles. The minimum Gasteiger partial charge on any atom is -0.270 e. The standard InChI is InChI=1S/C12H18O3S/c1-3-4-10-15-16(13,14)11(2)12-8-6-5-7-9-12/h5-9,11H,3-4,10H2,1-2H3. The summed E-state index contributed by atoms with van der Waals surface area (Å²) in [6.45, 7) is 3.92. The molecular formula is C12H18O3S. The van der Waals surface area contributed by atoms with Gasteiger partial charge in [-0.15, -0.1) is 0 Å². The van der Waals surface area contributed by atoms with Gasteiger partial charge in [-0.1, -0.05) is 43.7 Å². The van der Waals surface area contributed by atoms with Gasteiger partial charge in [-0.05, 0) is 18.9 Å². The summed E-state index contributed by atoms with van der Waals surface area (Å²) in [5, 5.41) is -0.606.